The molecule has 1 atom stereocenters. The maximum Gasteiger partial charge on any atom is 0.280 e. The number of amides is 1. The zero-order valence-corrected chi connectivity index (χ0v) is 13.8. The number of benzene rings is 1. The van der Waals surface area contributed by atoms with Crippen LogP contribution in [0.5, 0.6) is 0 Å². The molecule has 10 heteroatoms. The quantitative estimate of drug-likeness (QED) is 0.710. The van der Waals surface area contributed by atoms with E-state index in [2.05, 4.69) is 20.5 Å². The first-order valence-corrected chi connectivity index (χ1v) is 7.98. The molecule has 1 aliphatic rings. The predicted octanol–water partition coefficient (Wildman–Crippen LogP) is 2.00. The molecule has 8 nitrogen and oxygen atoms in total. The summed E-state index contributed by atoms with van der Waals surface area (Å²) in [5.74, 6) is -1.59. The van der Waals surface area contributed by atoms with Crippen molar-refractivity contribution in [3.63, 3.8) is 0 Å². The van der Waals surface area contributed by atoms with Crippen LogP contribution in [-0.4, -0.2) is 49.0 Å². The van der Waals surface area contributed by atoms with Gasteiger partial charge in [-0.1, -0.05) is 10.4 Å². The Balaban J connectivity index is 1.47. The second-order valence-corrected chi connectivity index (χ2v) is 6.05. The van der Waals surface area contributed by atoms with E-state index in [1.807, 2.05) is 0 Å². The third kappa shape index (κ3) is 2.93. The summed E-state index contributed by atoms with van der Waals surface area (Å²) in [5, 5.41) is 11.8. The van der Waals surface area contributed by atoms with Crippen molar-refractivity contribution in [1.82, 2.24) is 30.0 Å². The highest BCUT2D eigenvalue weighted by molar-refractivity contribution is 5.94. The number of carbonyl (C=O) groups excluding carboxylic acids is 1. The monoisotopic (exact) mass is 360 g/mol. The highest BCUT2D eigenvalue weighted by Gasteiger charge is 2.29. The number of carbonyl (C=O) groups is 1. The predicted molar refractivity (Wildman–Crippen MR) is 84.0 cm³/mol. The van der Waals surface area contributed by atoms with Gasteiger partial charge in [0.2, 0.25) is 0 Å². The summed E-state index contributed by atoms with van der Waals surface area (Å²) in [7, 11) is 0. The zero-order valence-electron chi connectivity index (χ0n) is 13.8. The SMILES string of the molecule is Cc1noc(-c2cn([C@@H]3CCN(C(=O)c4ccc(F)c(F)c4)C3)nn2)n1. The molecule has 0 spiro atoms. The van der Waals surface area contributed by atoms with E-state index >= 15 is 0 Å². The number of hydrogen-bond donors (Lipinski definition) is 0. The number of aromatic nitrogens is 5. The van der Waals surface area contributed by atoms with E-state index in [4.69, 9.17) is 4.52 Å². The molecule has 1 amide bonds. The van der Waals surface area contributed by atoms with Crippen molar-refractivity contribution in [2.75, 3.05) is 13.1 Å². The van der Waals surface area contributed by atoms with Gasteiger partial charge >= 0.3 is 0 Å². The van der Waals surface area contributed by atoms with E-state index in [1.165, 1.54) is 6.07 Å². The first-order chi connectivity index (χ1) is 12.5. The molecule has 3 heterocycles. The average Bonchev–Trinajstić information content (AvgIpc) is 3.35. The number of halogens is 2. The van der Waals surface area contributed by atoms with Gasteiger partial charge in [0.15, 0.2) is 23.2 Å². The average molecular weight is 360 g/mol. The van der Waals surface area contributed by atoms with Gasteiger partial charge < -0.3 is 9.42 Å². The van der Waals surface area contributed by atoms with Crippen LogP contribution in [0.25, 0.3) is 11.6 Å². The first-order valence-electron chi connectivity index (χ1n) is 7.98. The third-order valence-corrected chi connectivity index (χ3v) is 4.25. The van der Waals surface area contributed by atoms with E-state index < -0.39 is 11.6 Å². The molecule has 0 aliphatic carbocycles. The van der Waals surface area contributed by atoms with Crippen molar-refractivity contribution in [1.29, 1.82) is 0 Å². The van der Waals surface area contributed by atoms with Crippen LogP contribution in [0.4, 0.5) is 8.78 Å². The van der Waals surface area contributed by atoms with Gasteiger partial charge in [-0.15, -0.1) is 5.10 Å². The fourth-order valence-corrected chi connectivity index (χ4v) is 2.91. The van der Waals surface area contributed by atoms with Gasteiger partial charge in [0, 0.05) is 18.7 Å². The molecule has 0 unspecified atom stereocenters. The van der Waals surface area contributed by atoms with Crippen LogP contribution in [0, 0.1) is 18.6 Å². The molecule has 1 saturated heterocycles. The lowest BCUT2D eigenvalue weighted by atomic mass is 10.2. The summed E-state index contributed by atoms with van der Waals surface area (Å²) in [6.07, 6.45) is 2.35. The summed E-state index contributed by atoms with van der Waals surface area (Å²) in [4.78, 5) is 18.1. The van der Waals surface area contributed by atoms with Gasteiger partial charge in [-0.05, 0) is 31.5 Å². The summed E-state index contributed by atoms with van der Waals surface area (Å²) in [5.41, 5.74) is 0.571. The van der Waals surface area contributed by atoms with E-state index in [1.54, 1.807) is 22.7 Å². The largest absolute Gasteiger partial charge is 0.336 e. The fourth-order valence-electron chi connectivity index (χ4n) is 2.91. The lowest BCUT2D eigenvalue weighted by molar-refractivity contribution is 0.0786. The van der Waals surface area contributed by atoms with E-state index in [0.717, 1.165) is 12.1 Å². The lowest BCUT2D eigenvalue weighted by Gasteiger charge is -2.16. The molecule has 4 rings (SSSR count). The topological polar surface area (TPSA) is 89.9 Å². The Bertz CT molecular complexity index is 969. The maximum absolute atomic E-state index is 13.3. The van der Waals surface area contributed by atoms with E-state index in [-0.39, 0.29) is 23.4 Å². The zero-order chi connectivity index (χ0) is 18.3. The van der Waals surface area contributed by atoms with E-state index in [0.29, 0.717) is 31.0 Å². The highest BCUT2D eigenvalue weighted by Crippen LogP contribution is 2.24. The van der Waals surface area contributed by atoms with Crippen LogP contribution in [0.3, 0.4) is 0 Å². The number of likely N-dealkylation sites (tertiary alicyclic amines) is 1. The fraction of sp³-hybridized carbons (Fsp3) is 0.312. The Hall–Kier alpha value is -3.17. The Morgan fingerprint density at radius 2 is 2.15 bits per heavy atom. The van der Waals surface area contributed by atoms with Gasteiger partial charge in [-0.3, -0.25) is 4.79 Å². The van der Waals surface area contributed by atoms with Crippen LogP contribution in [0.15, 0.2) is 28.9 Å². The minimum Gasteiger partial charge on any atom is -0.336 e. The molecule has 3 aromatic rings. The molecule has 26 heavy (non-hydrogen) atoms. The second kappa shape index (κ2) is 6.28. The standard InChI is InChI=1S/C16H14F2N6O2/c1-9-19-15(26-21-9)14-8-24(22-20-14)11-4-5-23(7-11)16(25)10-2-3-12(17)13(18)6-10/h2-3,6,8,11H,4-5,7H2,1H3/t11-/m1/s1. The number of aryl methyl sites for hydroxylation is 1. The molecule has 1 fully saturated rings. The molecule has 1 aromatic carbocycles. The van der Waals surface area contributed by atoms with Crippen molar-refractivity contribution >= 4 is 5.91 Å². The normalized spacial score (nSPS) is 17.0. The summed E-state index contributed by atoms with van der Waals surface area (Å²) < 4.78 is 33.1. The Kier molecular flexibility index (Phi) is 3.94. The number of hydrogen-bond acceptors (Lipinski definition) is 6. The molecule has 0 radical (unpaired) electrons. The van der Waals surface area contributed by atoms with Crippen LogP contribution < -0.4 is 0 Å². The first kappa shape index (κ1) is 16.3. The maximum atomic E-state index is 13.3. The molecule has 0 saturated carbocycles. The summed E-state index contributed by atoms with van der Waals surface area (Å²) in [6.45, 7) is 2.58. The van der Waals surface area contributed by atoms with Crippen molar-refractivity contribution in [2.45, 2.75) is 19.4 Å². The molecular formula is C16H14F2N6O2. The lowest BCUT2D eigenvalue weighted by Crippen LogP contribution is -2.29. The minimum atomic E-state index is -1.04. The smallest absolute Gasteiger partial charge is 0.280 e. The van der Waals surface area contributed by atoms with Crippen molar-refractivity contribution in [3.8, 4) is 11.6 Å². The van der Waals surface area contributed by atoms with Crippen LogP contribution in [-0.2, 0) is 0 Å². The van der Waals surface area contributed by atoms with Crippen LogP contribution >= 0.6 is 0 Å². The van der Waals surface area contributed by atoms with Crippen molar-refractivity contribution in [3.05, 3.63) is 47.4 Å². The Morgan fingerprint density at radius 3 is 2.88 bits per heavy atom. The van der Waals surface area contributed by atoms with Crippen LogP contribution in [0.2, 0.25) is 0 Å². The highest BCUT2D eigenvalue weighted by atomic mass is 19.2. The second-order valence-electron chi connectivity index (χ2n) is 6.05. The van der Waals surface area contributed by atoms with Crippen molar-refractivity contribution in [2.24, 2.45) is 0 Å². The van der Waals surface area contributed by atoms with Gasteiger partial charge in [-0.25, -0.2) is 13.5 Å². The molecule has 0 N–H and O–H groups in total. The molecular weight excluding hydrogens is 346 g/mol. The molecule has 134 valence electrons. The van der Waals surface area contributed by atoms with E-state index in [9.17, 15) is 13.6 Å². The van der Waals surface area contributed by atoms with Gasteiger partial charge in [0.05, 0.1) is 12.2 Å². The van der Waals surface area contributed by atoms with Gasteiger partial charge in [0.25, 0.3) is 11.8 Å². The molecule has 0 bridgehead atoms. The summed E-state index contributed by atoms with van der Waals surface area (Å²) in [6, 6.07) is 3.07. The summed E-state index contributed by atoms with van der Waals surface area (Å²) >= 11 is 0. The minimum absolute atomic E-state index is 0.0745. The Morgan fingerprint density at radius 1 is 1.31 bits per heavy atom. The van der Waals surface area contributed by atoms with Gasteiger partial charge in [-0.2, -0.15) is 4.98 Å². The van der Waals surface area contributed by atoms with Crippen LogP contribution in [0.1, 0.15) is 28.6 Å². The number of rotatable bonds is 3. The van der Waals surface area contributed by atoms with Crippen molar-refractivity contribution < 1.29 is 18.1 Å². The number of nitrogens with zero attached hydrogens (tertiary/aromatic N) is 6. The molecule has 1 aliphatic heterocycles. The third-order valence-electron chi connectivity index (χ3n) is 4.25. The molecule has 2 aromatic heterocycles. The van der Waals surface area contributed by atoms with Gasteiger partial charge in [0.1, 0.15) is 0 Å². The Labute approximate surface area is 146 Å².